The molecule has 0 radical (unpaired) electrons. The lowest BCUT2D eigenvalue weighted by Gasteiger charge is -2.21. The summed E-state index contributed by atoms with van der Waals surface area (Å²) in [6, 6.07) is 12.0. The molecule has 3 nitrogen and oxygen atoms in total. The summed E-state index contributed by atoms with van der Waals surface area (Å²) in [4.78, 5) is 1.30. The van der Waals surface area contributed by atoms with Crippen molar-refractivity contribution >= 4 is 39.1 Å². The van der Waals surface area contributed by atoms with Crippen LogP contribution in [0.25, 0.3) is 0 Å². The molecule has 0 saturated heterocycles. The lowest BCUT2D eigenvalue weighted by Crippen LogP contribution is -2.27. The first-order chi connectivity index (χ1) is 9.86. The lowest BCUT2D eigenvalue weighted by molar-refractivity contribution is 0.594. The third kappa shape index (κ3) is 3.36. The van der Waals surface area contributed by atoms with E-state index in [2.05, 4.69) is 0 Å². The maximum Gasteiger partial charge on any atom is 0.264 e. The van der Waals surface area contributed by atoms with E-state index < -0.39 is 10.0 Å². The minimum atomic E-state index is -3.57. The number of sulfonamides is 1. The Morgan fingerprint density at radius 2 is 1.71 bits per heavy atom. The number of hydrogen-bond donors (Lipinski definition) is 0. The van der Waals surface area contributed by atoms with Crippen LogP contribution in [0, 0.1) is 6.92 Å². The van der Waals surface area contributed by atoms with E-state index in [0.29, 0.717) is 10.7 Å². The van der Waals surface area contributed by atoms with Crippen molar-refractivity contribution in [2.24, 2.45) is 0 Å². The normalized spacial score (nSPS) is 11.4. The molecule has 0 fully saturated rings. The third-order valence-corrected chi connectivity index (χ3v) is 5.98. The molecule has 2 rings (SSSR count). The molecule has 0 aromatic heterocycles. The third-order valence-electron chi connectivity index (χ3n) is 3.22. The summed E-state index contributed by atoms with van der Waals surface area (Å²) in [6.45, 7) is 1.84. The number of rotatable bonds is 4. The monoisotopic (exact) mass is 341 g/mol. The molecule has 0 bridgehead atoms. The number of thioether (sulfide) groups is 1. The topological polar surface area (TPSA) is 37.4 Å². The average Bonchev–Trinajstić information content (AvgIpc) is 2.46. The standard InChI is InChI=1S/C15H16ClNO2S2/c1-11-10-12(16)4-9-15(11)17(2)21(18,19)14-7-5-13(20-3)6-8-14/h4-10H,1-3H3. The number of benzene rings is 2. The van der Waals surface area contributed by atoms with Gasteiger partial charge in [0.2, 0.25) is 0 Å². The fourth-order valence-corrected chi connectivity index (χ4v) is 3.90. The predicted molar refractivity (Wildman–Crippen MR) is 90.0 cm³/mol. The second-order valence-electron chi connectivity index (χ2n) is 4.58. The summed E-state index contributed by atoms with van der Waals surface area (Å²) in [5.74, 6) is 0. The number of hydrogen-bond acceptors (Lipinski definition) is 3. The van der Waals surface area contributed by atoms with Crippen molar-refractivity contribution in [2.75, 3.05) is 17.6 Å². The zero-order valence-corrected chi connectivity index (χ0v) is 14.4. The molecular weight excluding hydrogens is 326 g/mol. The van der Waals surface area contributed by atoms with E-state index in [9.17, 15) is 8.42 Å². The zero-order valence-electron chi connectivity index (χ0n) is 12.0. The molecule has 0 aliphatic carbocycles. The molecule has 112 valence electrons. The van der Waals surface area contributed by atoms with E-state index >= 15 is 0 Å². The molecule has 0 N–H and O–H groups in total. The highest BCUT2D eigenvalue weighted by Crippen LogP contribution is 2.28. The van der Waals surface area contributed by atoms with Crippen molar-refractivity contribution in [3.63, 3.8) is 0 Å². The van der Waals surface area contributed by atoms with Gasteiger partial charge in [0.1, 0.15) is 0 Å². The molecule has 0 amide bonds. The van der Waals surface area contributed by atoms with Gasteiger partial charge < -0.3 is 0 Å². The van der Waals surface area contributed by atoms with Crippen molar-refractivity contribution in [3.05, 3.63) is 53.1 Å². The Morgan fingerprint density at radius 1 is 1.10 bits per heavy atom. The predicted octanol–water partition coefficient (Wildman–Crippen LogP) is 4.20. The minimum absolute atomic E-state index is 0.275. The van der Waals surface area contributed by atoms with E-state index in [-0.39, 0.29) is 4.90 Å². The number of anilines is 1. The highest BCUT2D eigenvalue weighted by atomic mass is 35.5. The number of halogens is 1. The summed E-state index contributed by atoms with van der Waals surface area (Å²) in [5, 5.41) is 0.589. The van der Waals surface area contributed by atoms with Crippen molar-refractivity contribution in [3.8, 4) is 0 Å². The Labute approximate surface area is 135 Å². The Balaban J connectivity index is 2.42. The van der Waals surface area contributed by atoms with Crippen LogP contribution in [0.1, 0.15) is 5.56 Å². The van der Waals surface area contributed by atoms with Crippen LogP contribution in [0.4, 0.5) is 5.69 Å². The second kappa shape index (κ2) is 6.30. The summed E-state index contributed by atoms with van der Waals surface area (Å²) in [5.41, 5.74) is 1.43. The summed E-state index contributed by atoms with van der Waals surface area (Å²) in [7, 11) is -2.02. The van der Waals surface area contributed by atoms with E-state index in [1.807, 2.05) is 13.2 Å². The van der Waals surface area contributed by atoms with Crippen LogP contribution in [0.15, 0.2) is 52.3 Å². The fourth-order valence-electron chi connectivity index (χ4n) is 2.01. The Morgan fingerprint density at radius 3 is 2.24 bits per heavy atom. The van der Waals surface area contributed by atoms with Crippen molar-refractivity contribution < 1.29 is 8.42 Å². The first-order valence-electron chi connectivity index (χ1n) is 6.25. The van der Waals surface area contributed by atoms with E-state index in [0.717, 1.165) is 10.5 Å². The van der Waals surface area contributed by atoms with Crippen LogP contribution in [0.2, 0.25) is 5.02 Å². The van der Waals surface area contributed by atoms with Gasteiger partial charge in [-0.05, 0) is 61.2 Å². The highest BCUT2D eigenvalue weighted by Gasteiger charge is 2.22. The fraction of sp³-hybridized carbons (Fsp3) is 0.200. The van der Waals surface area contributed by atoms with Gasteiger partial charge in [0.25, 0.3) is 10.0 Å². The lowest BCUT2D eigenvalue weighted by atomic mass is 10.2. The van der Waals surface area contributed by atoms with Gasteiger partial charge in [-0.3, -0.25) is 4.31 Å². The molecule has 0 aliphatic rings. The molecule has 0 saturated carbocycles. The second-order valence-corrected chi connectivity index (χ2v) is 7.86. The van der Waals surface area contributed by atoms with Crippen LogP contribution in [0.3, 0.4) is 0 Å². The molecular formula is C15H16ClNO2S2. The molecule has 0 atom stereocenters. The quantitative estimate of drug-likeness (QED) is 0.782. The summed E-state index contributed by atoms with van der Waals surface area (Å²) >= 11 is 7.49. The van der Waals surface area contributed by atoms with Gasteiger partial charge in [0.05, 0.1) is 10.6 Å². The van der Waals surface area contributed by atoms with Crippen LogP contribution >= 0.6 is 23.4 Å². The number of aryl methyl sites for hydroxylation is 1. The Hall–Kier alpha value is -1.17. The largest absolute Gasteiger partial charge is 0.269 e. The highest BCUT2D eigenvalue weighted by molar-refractivity contribution is 7.98. The molecule has 2 aromatic rings. The van der Waals surface area contributed by atoms with Gasteiger partial charge in [0.15, 0.2) is 0 Å². The van der Waals surface area contributed by atoms with Crippen molar-refractivity contribution in [1.29, 1.82) is 0 Å². The molecule has 6 heteroatoms. The zero-order chi connectivity index (χ0) is 15.6. The van der Waals surface area contributed by atoms with Crippen molar-refractivity contribution in [2.45, 2.75) is 16.7 Å². The first-order valence-corrected chi connectivity index (χ1v) is 9.29. The molecule has 0 aliphatic heterocycles. The number of nitrogens with zero attached hydrogens (tertiary/aromatic N) is 1. The molecule has 21 heavy (non-hydrogen) atoms. The van der Waals surface area contributed by atoms with E-state index in [1.165, 1.54) is 4.31 Å². The minimum Gasteiger partial charge on any atom is -0.269 e. The maximum atomic E-state index is 12.7. The Bertz CT molecular complexity index is 743. The molecule has 0 spiro atoms. The van der Waals surface area contributed by atoms with Gasteiger partial charge in [0, 0.05) is 17.0 Å². The summed E-state index contributed by atoms with van der Waals surface area (Å²) < 4.78 is 26.6. The van der Waals surface area contributed by atoms with Gasteiger partial charge in [-0.2, -0.15) is 0 Å². The first kappa shape index (κ1) is 16.2. The maximum absolute atomic E-state index is 12.7. The van der Waals surface area contributed by atoms with Crippen LogP contribution < -0.4 is 4.31 Å². The van der Waals surface area contributed by atoms with Gasteiger partial charge in [-0.1, -0.05) is 11.6 Å². The van der Waals surface area contributed by atoms with Gasteiger partial charge in [-0.25, -0.2) is 8.42 Å². The van der Waals surface area contributed by atoms with E-state index in [4.69, 9.17) is 11.6 Å². The van der Waals surface area contributed by atoms with Gasteiger partial charge in [-0.15, -0.1) is 11.8 Å². The van der Waals surface area contributed by atoms with E-state index in [1.54, 1.807) is 61.3 Å². The Kier molecular flexibility index (Phi) is 4.86. The average molecular weight is 342 g/mol. The molecule has 0 heterocycles. The van der Waals surface area contributed by atoms with Crippen LogP contribution in [-0.2, 0) is 10.0 Å². The van der Waals surface area contributed by atoms with Gasteiger partial charge >= 0.3 is 0 Å². The van der Waals surface area contributed by atoms with Crippen LogP contribution in [0.5, 0.6) is 0 Å². The summed E-state index contributed by atoms with van der Waals surface area (Å²) in [6.07, 6.45) is 1.95. The smallest absolute Gasteiger partial charge is 0.264 e. The van der Waals surface area contributed by atoms with Crippen molar-refractivity contribution in [1.82, 2.24) is 0 Å². The SMILES string of the molecule is CSc1ccc(S(=O)(=O)N(C)c2ccc(Cl)cc2C)cc1. The molecule has 0 unspecified atom stereocenters. The molecule has 2 aromatic carbocycles. The van der Waals surface area contributed by atoms with Crippen LogP contribution in [-0.4, -0.2) is 21.7 Å².